The molecule has 3 aromatic carbocycles. The number of ether oxygens (including phenoxy) is 2. The minimum Gasteiger partial charge on any atom is -0.493 e. The molecule has 4 nitrogen and oxygen atoms in total. The zero-order chi connectivity index (χ0) is 19.9. The van der Waals surface area contributed by atoms with Crippen molar-refractivity contribution in [2.45, 2.75) is 19.4 Å². The van der Waals surface area contributed by atoms with Crippen molar-refractivity contribution in [2.75, 3.05) is 19.5 Å². The second-order valence-electron chi connectivity index (χ2n) is 6.67. The SMILES string of the molecule is COc1ccc(C(=O)CC(Nc2ccccc2)c2ccc(C)cc2)cc1OC. The number of benzene rings is 3. The summed E-state index contributed by atoms with van der Waals surface area (Å²) in [6.07, 6.45) is 0.327. The van der Waals surface area contributed by atoms with E-state index in [0.717, 1.165) is 11.3 Å². The Morgan fingerprint density at radius 1 is 0.893 bits per heavy atom. The highest BCUT2D eigenvalue weighted by molar-refractivity contribution is 5.97. The molecule has 0 saturated heterocycles. The van der Waals surface area contributed by atoms with Gasteiger partial charge in [0.25, 0.3) is 0 Å². The fraction of sp³-hybridized carbons (Fsp3) is 0.208. The molecule has 0 spiro atoms. The van der Waals surface area contributed by atoms with Crippen molar-refractivity contribution in [1.82, 2.24) is 0 Å². The Morgan fingerprint density at radius 2 is 1.57 bits per heavy atom. The van der Waals surface area contributed by atoms with Crippen molar-refractivity contribution in [2.24, 2.45) is 0 Å². The monoisotopic (exact) mass is 375 g/mol. The minimum absolute atomic E-state index is 0.0370. The van der Waals surface area contributed by atoms with Gasteiger partial charge in [-0.2, -0.15) is 0 Å². The Hall–Kier alpha value is -3.27. The Balaban J connectivity index is 1.86. The molecule has 4 heteroatoms. The van der Waals surface area contributed by atoms with E-state index in [0.29, 0.717) is 23.5 Å². The number of aryl methyl sites for hydroxylation is 1. The van der Waals surface area contributed by atoms with Gasteiger partial charge in [0.15, 0.2) is 17.3 Å². The third-order valence-electron chi connectivity index (χ3n) is 4.69. The zero-order valence-corrected chi connectivity index (χ0v) is 16.4. The lowest BCUT2D eigenvalue weighted by molar-refractivity contribution is 0.0976. The highest BCUT2D eigenvalue weighted by Gasteiger charge is 2.19. The number of nitrogens with one attached hydrogen (secondary N) is 1. The molecule has 0 aliphatic rings. The van der Waals surface area contributed by atoms with Crippen LogP contribution < -0.4 is 14.8 Å². The van der Waals surface area contributed by atoms with Gasteiger partial charge in [-0.3, -0.25) is 4.79 Å². The zero-order valence-electron chi connectivity index (χ0n) is 16.4. The van der Waals surface area contributed by atoms with Crippen LogP contribution in [-0.4, -0.2) is 20.0 Å². The smallest absolute Gasteiger partial charge is 0.165 e. The van der Waals surface area contributed by atoms with E-state index in [1.165, 1.54) is 5.56 Å². The number of Topliss-reactive ketones (excluding diaryl/α,β-unsaturated/α-hetero) is 1. The van der Waals surface area contributed by atoms with Gasteiger partial charge in [0, 0.05) is 17.7 Å². The molecular formula is C24H25NO3. The lowest BCUT2D eigenvalue weighted by atomic mass is 9.96. The highest BCUT2D eigenvalue weighted by Crippen LogP contribution is 2.30. The van der Waals surface area contributed by atoms with Gasteiger partial charge in [0.05, 0.1) is 20.3 Å². The summed E-state index contributed by atoms with van der Waals surface area (Å²) in [5.41, 5.74) is 3.84. The topological polar surface area (TPSA) is 47.6 Å². The number of carbonyl (C=O) groups is 1. The molecule has 28 heavy (non-hydrogen) atoms. The maximum absolute atomic E-state index is 13.0. The van der Waals surface area contributed by atoms with Crippen LogP contribution in [0.1, 0.15) is 33.9 Å². The van der Waals surface area contributed by atoms with Crippen molar-refractivity contribution in [3.63, 3.8) is 0 Å². The molecule has 0 aliphatic heterocycles. The average molecular weight is 375 g/mol. The highest BCUT2D eigenvalue weighted by atomic mass is 16.5. The summed E-state index contributed by atoms with van der Waals surface area (Å²) in [6.45, 7) is 2.05. The maximum Gasteiger partial charge on any atom is 0.165 e. The molecule has 0 fully saturated rings. The number of rotatable bonds is 8. The van der Waals surface area contributed by atoms with Crippen LogP contribution in [-0.2, 0) is 0 Å². The van der Waals surface area contributed by atoms with E-state index < -0.39 is 0 Å². The molecule has 0 amide bonds. The first kappa shape index (κ1) is 19.5. The first-order valence-electron chi connectivity index (χ1n) is 9.24. The van der Waals surface area contributed by atoms with Gasteiger partial charge in [-0.1, -0.05) is 48.0 Å². The maximum atomic E-state index is 13.0. The van der Waals surface area contributed by atoms with Gasteiger partial charge in [-0.05, 0) is 42.8 Å². The van der Waals surface area contributed by atoms with E-state index in [-0.39, 0.29) is 11.8 Å². The molecule has 0 radical (unpaired) electrons. The van der Waals surface area contributed by atoms with Crippen LogP contribution in [0.15, 0.2) is 72.8 Å². The quantitative estimate of drug-likeness (QED) is 0.533. The van der Waals surface area contributed by atoms with Crippen molar-refractivity contribution in [3.8, 4) is 11.5 Å². The molecule has 3 aromatic rings. The van der Waals surface area contributed by atoms with Crippen LogP contribution in [0.5, 0.6) is 11.5 Å². The fourth-order valence-corrected chi connectivity index (χ4v) is 3.10. The first-order chi connectivity index (χ1) is 13.6. The van der Waals surface area contributed by atoms with Crippen molar-refractivity contribution in [1.29, 1.82) is 0 Å². The number of carbonyl (C=O) groups excluding carboxylic acids is 1. The van der Waals surface area contributed by atoms with Gasteiger partial charge in [0.2, 0.25) is 0 Å². The fourth-order valence-electron chi connectivity index (χ4n) is 3.10. The Labute approximate surface area is 166 Å². The summed E-state index contributed by atoms with van der Waals surface area (Å²) in [5, 5.41) is 3.49. The summed E-state index contributed by atoms with van der Waals surface area (Å²) < 4.78 is 10.6. The molecule has 0 saturated carbocycles. The number of hydrogen-bond donors (Lipinski definition) is 1. The minimum atomic E-state index is -0.136. The average Bonchev–Trinajstić information content (AvgIpc) is 2.74. The number of hydrogen-bond acceptors (Lipinski definition) is 4. The third-order valence-corrected chi connectivity index (χ3v) is 4.69. The second kappa shape index (κ2) is 9.09. The van der Waals surface area contributed by atoms with Crippen LogP contribution >= 0.6 is 0 Å². The van der Waals surface area contributed by atoms with Crippen LogP contribution in [0, 0.1) is 6.92 Å². The van der Waals surface area contributed by atoms with Gasteiger partial charge in [-0.15, -0.1) is 0 Å². The summed E-state index contributed by atoms with van der Waals surface area (Å²) in [6, 6.07) is 23.3. The molecule has 1 N–H and O–H groups in total. The van der Waals surface area contributed by atoms with Crippen LogP contribution in [0.4, 0.5) is 5.69 Å². The molecule has 0 bridgehead atoms. The Kier molecular flexibility index (Phi) is 6.33. The van der Waals surface area contributed by atoms with Gasteiger partial charge in [-0.25, -0.2) is 0 Å². The second-order valence-corrected chi connectivity index (χ2v) is 6.67. The van der Waals surface area contributed by atoms with E-state index in [1.54, 1.807) is 32.4 Å². The summed E-state index contributed by atoms with van der Waals surface area (Å²) >= 11 is 0. The number of ketones is 1. The van der Waals surface area contributed by atoms with E-state index in [9.17, 15) is 4.79 Å². The van der Waals surface area contributed by atoms with Gasteiger partial charge < -0.3 is 14.8 Å². The van der Waals surface area contributed by atoms with Crippen LogP contribution in [0.2, 0.25) is 0 Å². The van der Waals surface area contributed by atoms with E-state index in [1.807, 2.05) is 30.3 Å². The molecule has 1 unspecified atom stereocenters. The Morgan fingerprint density at radius 3 is 2.21 bits per heavy atom. The van der Waals surface area contributed by atoms with Crippen LogP contribution in [0.3, 0.4) is 0 Å². The largest absolute Gasteiger partial charge is 0.493 e. The predicted molar refractivity (Wildman–Crippen MR) is 112 cm³/mol. The molecule has 0 aromatic heterocycles. The van der Waals surface area contributed by atoms with Gasteiger partial charge >= 0.3 is 0 Å². The molecular weight excluding hydrogens is 350 g/mol. The van der Waals surface area contributed by atoms with Crippen molar-refractivity contribution >= 4 is 11.5 Å². The first-order valence-corrected chi connectivity index (χ1v) is 9.24. The standard InChI is InChI=1S/C24H25NO3/c1-17-9-11-18(12-10-17)21(25-20-7-5-4-6-8-20)16-22(26)19-13-14-23(27-2)24(15-19)28-3/h4-15,21,25H,16H2,1-3H3. The van der Waals surface area contributed by atoms with Crippen molar-refractivity contribution < 1.29 is 14.3 Å². The number of anilines is 1. The Bertz CT molecular complexity index is 920. The van der Waals surface area contributed by atoms with E-state index in [4.69, 9.17) is 9.47 Å². The molecule has 1 atom stereocenters. The summed E-state index contributed by atoms with van der Waals surface area (Å²) in [7, 11) is 3.15. The van der Waals surface area contributed by atoms with E-state index >= 15 is 0 Å². The van der Waals surface area contributed by atoms with Gasteiger partial charge in [0.1, 0.15) is 0 Å². The van der Waals surface area contributed by atoms with Crippen LogP contribution in [0.25, 0.3) is 0 Å². The molecule has 0 heterocycles. The van der Waals surface area contributed by atoms with Crippen molar-refractivity contribution in [3.05, 3.63) is 89.5 Å². The lowest BCUT2D eigenvalue weighted by Gasteiger charge is -2.20. The predicted octanol–water partition coefficient (Wildman–Crippen LogP) is 5.44. The number of para-hydroxylation sites is 1. The normalized spacial score (nSPS) is 11.5. The molecule has 0 aliphatic carbocycles. The van der Waals surface area contributed by atoms with E-state index in [2.05, 4.69) is 36.5 Å². The molecule has 3 rings (SSSR count). The lowest BCUT2D eigenvalue weighted by Crippen LogP contribution is -2.16. The number of methoxy groups -OCH3 is 2. The summed E-state index contributed by atoms with van der Waals surface area (Å²) in [5.74, 6) is 1.20. The third kappa shape index (κ3) is 4.71. The molecule has 144 valence electrons. The summed E-state index contributed by atoms with van der Waals surface area (Å²) in [4.78, 5) is 13.0.